The molecule has 1 amide bonds. The molecule has 0 unspecified atom stereocenters. The van der Waals surface area contributed by atoms with Crippen molar-refractivity contribution in [2.45, 2.75) is 12.3 Å². The summed E-state index contributed by atoms with van der Waals surface area (Å²) >= 11 is 0. The lowest BCUT2D eigenvalue weighted by molar-refractivity contribution is 0.0982. The number of hydrogen-bond acceptors (Lipinski definition) is 5. The van der Waals surface area contributed by atoms with Crippen LogP contribution in [-0.4, -0.2) is 37.5 Å². The van der Waals surface area contributed by atoms with E-state index < -0.39 is 0 Å². The first-order valence-electron chi connectivity index (χ1n) is 11.0. The van der Waals surface area contributed by atoms with Gasteiger partial charge in [0.25, 0.3) is 0 Å². The predicted molar refractivity (Wildman–Crippen MR) is 119 cm³/mol. The molecule has 0 spiro atoms. The number of piperidine rings is 1. The minimum atomic E-state index is -0.383. The van der Waals surface area contributed by atoms with Crippen LogP contribution >= 0.6 is 0 Å². The molecule has 7 heteroatoms. The van der Waals surface area contributed by atoms with Gasteiger partial charge in [0.05, 0.1) is 6.61 Å². The van der Waals surface area contributed by atoms with E-state index in [1.165, 1.54) is 12.1 Å². The molecule has 5 rings (SSSR count). The molecule has 170 valence electrons. The number of para-hydroxylation sites is 1. The normalized spacial score (nSPS) is 19.2. The third kappa shape index (κ3) is 4.87. The monoisotopic (exact) mass is 449 g/mol. The molecule has 3 aromatic carbocycles. The summed E-state index contributed by atoms with van der Waals surface area (Å²) in [5.74, 6) is 2.38. The van der Waals surface area contributed by atoms with Gasteiger partial charge < -0.3 is 23.8 Å². The van der Waals surface area contributed by atoms with Gasteiger partial charge in [0, 0.05) is 25.1 Å². The Labute approximate surface area is 191 Å². The topological polar surface area (TPSA) is 57.2 Å². The molecule has 3 aromatic rings. The maximum Gasteiger partial charge on any atom is 0.415 e. The third-order valence-corrected chi connectivity index (χ3v) is 6.05. The van der Waals surface area contributed by atoms with E-state index in [1.54, 1.807) is 23.1 Å². The lowest BCUT2D eigenvalue weighted by atomic mass is 9.81. The third-order valence-electron chi connectivity index (χ3n) is 6.05. The van der Waals surface area contributed by atoms with Gasteiger partial charge in [-0.2, -0.15) is 0 Å². The summed E-state index contributed by atoms with van der Waals surface area (Å²) < 4.78 is 35.9. The highest BCUT2D eigenvalue weighted by molar-refractivity contribution is 5.70. The minimum absolute atomic E-state index is 0.00189. The van der Waals surface area contributed by atoms with Gasteiger partial charge in [0.2, 0.25) is 6.79 Å². The molecule has 0 bridgehead atoms. The van der Waals surface area contributed by atoms with Crippen molar-refractivity contribution in [1.82, 2.24) is 4.90 Å². The summed E-state index contributed by atoms with van der Waals surface area (Å²) in [5, 5.41) is 0. The van der Waals surface area contributed by atoms with Crippen molar-refractivity contribution in [3.8, 4) is 23.0 Å². The second kappa shape index (κ2) is 9.40. The van der Waals surface area contributed by atoms with Crippen LogP contribution in [0.3, 0.4) is 0 Å². The standard InChI is InChI=1S/C26H24FNO5/c27-20-8-6-18(7-9-20)23-12-13-28(26(29)33-21-4-2-1-3-5-21)15-19(23)16-30-22-10-11-24-25(14-22)32-17-31-24/h1-11,14,19,23H,12-13,15-17H2/t19-,23-/m1/s1. The minimum Gasteiger partial charge on any atom is -0.493 e. The molecule has 2 aliphatic rings. The maximum absolute atomic E-state index is 13.5. The summed E-state index contributed by atoms with van der Waals surface area (Å²) in [6, 6.07) is 21.1. The van der Waals surface area contributed by atoms with Crippen LogP contribution in [-0.2, 0) is 0 Å². The Bertz CT molecular complexity index is 1110. The quantitative estimate of drug-likeness (QED) is 0.533. The van der Waals surface area contributed by atoms with E-state index in [1.807, 2.05) is 42.5 Å². The fourth-order valence-corrected chi connectivity index (χ4v) is 4.34. The highest BCUT2D eigenvalue weighted by Gasteiger charge is 2.34. The van der Waals surface area contributed by atoms with Crippen LogP contribution < -0.4 is 18.9 Å². The number of carbonyl (C=O) groups excluding carboxylic acids is 1. The van der Waals surface area contributed by atoms with Crippen LogP contribution in [0.4, 0.5) is 9.18 Å². The molecule has 0 aliphatic carbocycles. The van der Waals surface area contributed by atoms with E-state index in [-0.39, 0.29) is 30.5 Å². The average Bonchev–Trinajstić information content (AvgIpc) is 3.32. The number of ether oxygens (including phenoxy) is 4. The molecule has 1 saturated heterocycles. The van der Waals surface area contributed by atoms with Gasteiger partial charge in [-0.25, -0.2) is 9.18 Å². The van der Waals surface area contributed by atoms with E-state index in [0.29, 0.717) is 42.7 Å². The average molecular weight is 449 g/mol. The summed E-state index contributed by atoms with van der Waals surface area (Å²) in [4.78, 5) is 14.5. The zero-order valence-electron chi connectivity index (χ0n) is 18.0. The first-order chi connectivity index (χ1) is 16.2. The van der Waals surface area contributed by atoms with Crippen molar-refractivity contribution in [1.29, 1.82) is 0 Å². The van der Waals surface area contributed by atoms with Crippen molar-refractivity contribution in [3.63, 3.8) is 0 Å². The molecule has 0 aromatic heterocycles. The molecule has 1 fully saturated rings. The second-order valence-corrected chi connectivity index (χ2v) is 8.16. The first-order valence-corrected chi connectivity index (χ1v) is 11.0. The van der Waals surface area contributed by atoms with Gasteiger partial charge in [-0.1, -0.05) is 30.3 Å². The molecule has 2 aliphatic heterocycles. The smallest absolute Gasteiger partial charge is 0.415 e. The Morgan fingerprint density at radius 1 is 0.970 bits per heavy atom. The molecule has 6 nitrogen and oxygen atoms in total. The fourth-order valence-electron chi connectivity index (χ4n) is 4.34. The number of carbonyl (C=O) groups is 1. The van der Waals surface area contributed by atoms with E-state index >= 15 is 0 Å². The number of hydrogen-bond donors (Lipinski definition) is 0. The Morgan fingerprint density at radius 2 is 1.76 bits per heavy atom. The van der Waals surface area contributed by atoms with Crippen LogP contribution in [0.25, 0.3) is 0 Å². The van der Waals surface area contributed by atoms with Gasteiger partial charge in [-0.15, -0.1) is 0 Å². The van der Waals surface area contributed by atoms with Crippen LogP contribution in [0, 0.1) is 11.7 Å². The van der Waals surface area contributed by atoms with Crippen LogP contribution in [0.1, 0.15) is 17.9 Å². The summed E-state index contributed by atoms with van der Waals surface area (Å²) in [6.45, 7) is 1.61. The number of rotatable bonds is 5. The van der Waals surface area contributed by atoms with E-state index in [0.717, 1.165) is 12.0 Å². The van der Waals surface area contributed by atoms with Gasteiger partial charge in [-0.3, -0.25) is 0 Å². The number of likely N-dealkylation sites (tertiary alicyclic amines) is 1. The van der Waals surface area contributed by atoms with Crippen molar-refractivity contribution < 1.29 is 28.1 Å². The maximum atomic E-state index is 13.5. The molecular formula is C26H24FNO5. The fraction of sp³-hybridized carbons (Fsp3) is 0.269. The summed E-state index contributed by atoms with van der Waals surface area (Å²) in [7, 11) is 0. The summed E-state index contributed by atoms with van der Waals surface area (Å²) in [6.07, 6.45) is 0.344. The van der Waals surface area contributed by atoms with Crippen molar-refractivity contribution in [3.05, 3.63) is 84.2 Å². The highest BCUT2D eigenvalue weighted by atomic mass is 19.1. The molecule has 2 heterocycles. The zero-order valence-corrected chi connectivity index (χ0v) is 18.0. The number of nitrogens with zero attached hydrogens (tertiary/aromatic N) is 1. The first kappa shape index (κ1) is 21.1. The van der Waals surface area contributed by atoms with E-state index in [2.05, 4.69) is 0 Å². The molecule has 0 N–H and O–H groups in total. The Hall–Kier alpha value is -3.74. The van der Waals surface area contributed by atoms with Crippen LogP contribution in [0.5, 0.6) is 23.0 Å². The summed E-state index contributed by atoms with van der Waals surface area (Å²) in [5.41, 5.74) is 1.03. The van der Waals surface area contributed by atoms with Crippen LogP contribution in [0.2, 0.25) is 0 Å². The molecular weight excluding hydrogens is 425 g/mol. The lowest BCUT2D eigenvalue weighted by Crippen LogP contribution is -2.46. The van der Waals surface area contributed by atoms with Gasteiger partial charge in [0.1, 0.15) is 17.3 Å². The Balaban J connectivity index is 1.31. The molecule has 0 radical (unpaired) electrons. The number of benzene rings is 3. The SMILES string of the molecule is O=C(Oc1ccccc1)N1CC[C@H](c2ccc(F)cc2)[C@@H](COc2ccc3c(c2)OCO3)C1. The second-order valence-electron chi connectivity index (χ2n) is 8.16. The largest absolute Gasteiger partial charge is 0.493 e. The Morgan fingerprint density at radius 3 is 2.58 bits per heavy atom. The van der Waals surface area contributed by atoms with E-state index in [4.69, 9.17) is 18.9 Å². The number of amides is 1. The zero-order chi connectivity index (χ0) is 22.6. The molecule has 33 heavy (non-hydrogen) atoms. The Kier molecular flexibility index (Phi) is 6.02. The van der Waals surface area contributed by atoms with E-state index in [9.17, 15) is 9.18 Å². The molecule has 0 saturated carbocycles. The highest BCUT2D eigenvalue weighted by Crippen LogP contribution is 2.37. The van der Waals surface area contributed by atoms with Gasteiger partial charge >= 0.3 is 6.09 Å². The van der Waals surface area contributed by atoms with Crippen molar-refractivity contribution >= 4 is 6.09 Å². The van der Waals surface area contributed by atoms with Crippen LogP contribution in [0.15, 0.2) is 72.8 Å². The molecule has 2 atom stereocenters. The van der Waals surface area contributed by atoms with Crippen molar-refractivity contribution in [2.75, 3.05) is 26.5 Å². The van der Waals surface area contributed by atoms with Gasteiger partial charge in [-0.05, 0) is 54.3 Å². The number of halogens is 1. The predicted octanol–water partition coefficient (Wildman–Crippen LogP) is 5.24. The number of fused-ring (bicyclic) bond motifs is 1. The van der Waals surface area contributed by atoms with Crippen molar-refractivity contribution in [2.24, 2.45) is 5.92 Å². The van der Waals surface area contributed by atoms with Gasteiger partial charge in [0.15, 0.2) is 11.5 Å². The lowest BCUT2D eigenvalue weighted by Gasteiger charge is -2.38.